The van der Waals surface area contributed by atoms with Crippen LogP contribution >= 0.6 is 15.9 Å². The van der Waals surface area contributed by atoms with Crippen LogP contribution in [0.25, 0.3) is 0 Å². The van der Waals surface area contributed by atoms with Gasteiger partial charge in [-0.2, -0.15) is 5.10 Å². The van der Waals surface area contributed by atoms with E-state index in [0.717, 1.165) is 11.3 Å². The first-order valence-corrected chi connectivity index (χ1v) is 6.08. The van der Waals surface area contributed by atoms with Crippen molar-refractivity contribution in [3.63, 3.8) is 0 Å². The third-order valence-electron chi connectivity index (χ3n) is 2.55. The zero-order valence-electron chi connectivity index (χ0n) is 9.39. The van der Waals surface area contributed by atoms with Crippen LogP contribution in [0, 0.1) is 0 Å². The van der Waals surface area contributed by atoms with Crippen LogP contribution in [-0.4, -0.2) is 14.8 Å². The normalized spacial score (nSPS) is 11.0. The molecule has 0 radical (unpaired) electrons. The highest BCUT2D eigenvalue weighted by Crippen LogP contribution is 2.15. The zero-order chi connectivity index (χ0) is 11.5. The predicted molar refractivity (Wildman–Crippen MR) is 67.4 cm³/mol. The lowest BCUT2D eigenvalue weighted by Gasteiger charge is -2.07. The van der Waals surface area contributed by atoms with Gasteiger partial charge in [-0.15, -0.1) is 0 Å². The Morgan fingerprint density at radius 2 is 1.94 bits per heavy atom. The van der Waals surface area contributed by atoms with Crippen molar-refractivity contribution in [2.45, 2.75) is 26.3 Å². The first kappa shape index (κ1) is 11.3. The van der Waals surface area contributed by atoms with Crippen LogP contribution in [0.1, 0.15) is 30.9 Å². The standard InChI is InChI=1S/C12H14BrN3/c1-9(2)11-5-3-10(4-6-11)7-16-12(13)14-8-15-16/h3-6,8-9H,7H2,1-2H3. The van der Waals surface area contributed by atoms with Gasteiger partial charge in [0.05, 0.1) is 6.54 Å². The SMILES string of the molecule is CC(C)c1ccc(Cn2ncnc2Br)cc1. The molecule has 0 fully saturated rings. The van der Waals surface area contributed by atoms with Gasteiger partial charge in [0.2, 0.25) is 0 Å². The van der Waals surface area contributed by atoms with Crippen LogP contribution in [-0.2, 0) is 6.54 Å². The zero-order valence-corrected chi connectivity index (χ0v) is 11.0. The van der Waals surface area contributed by atoms with E-state index in [4.69, 9.17) is 0 Å². The highest BCUT2D eigenvalue weighted by molar-refractivity contribution is 9.10. The van der Waals surface area contributed by atoms with Crippen molar-refractivity contribution in [3.05, 3.63) is 46.5 Å². The van der Waals surface area contributed by atoms with Gasteiger partial charge in [0, 0.05) is 0 Å². The van der Waals surface area contributed by atoms with E-state index in [1.54, 1.807) is 6.33 Å². The smallest absolute Gasteiger partial charge is 0.195 e. The summed E-state index contributed by atoms with van der Waals surface area (Å²) < 4.78 is 2.59. The van der Waals surface area contributed by atoms with Crippen LogP contribution in [0.5, 0.6) is 0 Å². The number of hydrogen-bond donors (Lipinski definition) is 0. The number of hydrogen-bond acceptors (Lipinski definition) is 2. The lowest BCUT2D eigenvalue weighted by molar-refractivity contribution is 0.667. The molecule has 0 amide bonds. The van der Waals surface area contributed by atoms with Crippen molar-refractivity contribution in [2.24, 2.45) is 0 Å². The molecule has 0 saturated carbocycles. The molecule has 1 aromatic carbocycles. The number of aromatic nitrogens is 3. The molecule has 0 aliphatic heterocycles. The summed E-state index contributed by atoms with van der Waals surface area (Å²) in [6.45, 7) is 5.14. The minimum atomic E-state index is 0.576. The molecule has 4 heteroatoms. The molecule has 0 atom stereocenters. The van der Waals surface area contributed by atoms with E-state index in [2.05, 4.69) is 64.1 Å². The summed E-state index contributed by atoms with van der Waals surface area (Å²) in [6, 6.07) is 8.63. The minimum Gasteiger partial charge on any atom is -0.236 e. The highest BCUT2D eigenvalue weighted by Gasteiger charge is 2.02. The molecule has 1 aromatic heterocycles. The van der Waals surface area contributed by atoms with E-state index in [1.807, 2.05) is 4.68 Å². The third kappa shape index (κ3) is 2.50. The number of halogens is 1. The molecular formula is C12H14BrN3. The summed E-state index contributed by atoms with van der Waals surface area (Å²) in [4.78, 5) is 4.03. The second kappa shape index (κ2) is 4.78. The summed E-state index contributed by atoms with van der Waals surface area (Å²) in [7, 11) is 0. The van der Waals surface area contributed by atoms with Crippen LogP contribution in [0.4, 0.5) is 0 Å². The Kier molecular flexibility index (Phi) is 3.39. The van der Waals surface area contributed by atoms with Crippen molar-refractivity contribution in [1.82, 2.24) is 14.8 Å². The van der Waals surface area contributed by atoms with Gasteiger partial charge in [0.1, 0.15) is 6.33 Å². The first-order chi connectivity index (χ1) is 7.66. The average Bonchev–Trinajstić information content (AvgIpc) is 2.65. The van der Waals surface area contributed by atoms with Crippen LogP contribution in [0.15, 0.2) is 35.3 Å². The monoisotopic (exact) mass is 279 g/mol. The third-order valence-corrected chi connectivity index (χ3v) is 3.16. The summed E-state index contributed by atoms with van der Waals surface area (Å²) in [5, 5.41) is 4.13. The van der Waals surface area contributed by atoms with Gasteiger partial charge in [-0.1, -0.05) is 38.1 Å². The Labute approximate surface area is 104 Å². The topological polar surface area (TPSA) is 30.7 Å². The quantitative estimate of drug-likeness (QED) is 0.864. The van der Waals surface area contributed by atoms with E-state index >= 15 is 0 Å². The first-order valence-electron chi connectivity index (χ1n) is 5.29. The van der Waals surface area contributed by atoms with Crippen LogP contribution in [0.2, 0.25) is 0 Å². The fraction of sp³-hybridized carbons (Fsp3) is 0.333. The Bertz CT molecular complexity index is 459. The van der Waals surface area contributed by atoms with Crippen molar-refractivity contribution in [3.8, 4) is 0 Å². The van der Waals surface area contributed by atoms with Gasteiger partial charge >= 0.3 is 0 Å². The fourth-order valence-corrected chi connectivity index (χ4v) is 1.85. The maximum absolute atomic E-state index is 4.13. The van der Waals surface area contributed by atoms with Crippen molar-refractivity contribution >= 4 is 15.9 Å². The lowest BCUT2D eigenvalue weighted by atomic mass is 10.0. The molecule has 0 aliphatic rings. The number of benzene rings is 1. The average molecular weight is 280 g/mol. The molecule has 2 rings (SSSR count). The molecule has 0 N–H and O–H groups in total. The summed E-state index contributed by atoms with van der Waals surface area (Å²) in [5.41, 5.74) is 2.59. The lowest BCUT2D eigenvalue weighted by Crippen LogP contribution is -2.02. The van der Waals surface area contributed by atoms with Gasteiger partial charge in [0.25, 0.3) is 0 Å². The summed E-state index contributed by atoms with van der Waals surface area (Å²) in [5.74, 6) is 0.576. The maximum Gasteiger partial charge on any atom is 0.195 e. The molecule has 0 aliphatic carbocycles. The fourth-order valence-electron chi connectivity index (χ4n) is 1.54. The second-order valence-corrected chi connectivity index (χ2v) is 4.79. The molecule has 84 valence electrons. The summed E-state index contributed by atoms with van der Waals surface area (Å²) >= 11 is 3.35. The van der Waals surface area contributed by atoms with Gasteiger partial charge < -0.3 is 0 Å². The van der Waals surface area contributed by atoms with E-state index in [-0.39, 0.29) is 0 Å². The van der Waals surface area contributed by atoms with Crippen LogP contribution < -0.4 is 0 Å². The Morgan fingerprint density at radius 1 is 1.25 bits per heavy atom. The van der Waals surface area contributed by atoms with E-state index < -0.39 is 0 Å². The minimum absolute atomic E-state index is 0.576. The van der Waals surface area contributed by atoms with Gasteiger partial charge in [0.15, 0.2) is 4.73 Å². The molecule has 0 spiro atoms. The molecule has 0 bridgehead atoms. The van der Waals surface area contributed by atoms with Gasteiger partial charge in [-0.3, -0.25) is 0 Å². The predicted octanol–water partition coefficient (Wildman–Crippen LogP) is 3.21. The Hall–Kier alpha value is -1.16. The number of rotatable bonds is 3. The maximum atomic E-state index is 4.13. The number of nitrogens with zero attached hydrogens (tertiary/aromatic N) is 3. The van der Waals surface area contributed by atoms with E-state index in [0.29, 0.717) is 5.92 Å². The second-order valence-electron chi connectivity index (χ2n) is 4.08. The molecule has 2 aromatic rings. The van der Waals surface area contributed by atoms with E-state index in [9.17, 15) is 0 Å². The van der Waals surface area contributed by atoms with Crippen molar-refractivity contribution in [1.29, 1.82) is 0 Å². The summed E-state index contributed by atoms with van der Waals surface area (Å²) in [6.07, 6.45) is 1.55. The molecule has 16 heavy (non-hydrogen) atoms. The molecule has 1 heterocycles. The van der Waals surface area contributed by atoms with Crippen molar-refractivity contribution < 1.29 is 0 Å². The van der Waals surface area contributed by atoms with Crippen molar-refractivity contribution in [2.75, 3.05) is 0 Å². The Balaban J connectivity index is 2.14. The van der Waals surface area contributed by atoms with Gasteiger partial charge in [-0.25, -0.2) is 9.67 Å². The molecule has 0 saturated heterocycles. The van der Waals surface area contributed by atoms with E-state index in [1.165, 1.54) is 11.1 Å². The highest BCUT2D eigenvalue weighted by atomic mass is 79.9. The van der Waals surface area contributed by atoms with Gasteiger partial charge in [-0.05, 0) is 33.0 Å². The largest absolute Gasteiger partial charge is 0.236 e. The Morgan fingerprint density at radius 3 is 2.44 bits per heavy atom. The molecular weight excluding hydrogens is 266 g/mol. The van der Waals surface area contributed by atoms with Crippen LogP contribution in [0.3, 0.4) is 0 Å². The molecule has 3 nitrogen and oxygen atoms in total. The molecule has 0 unspecified atom stereocenters.